The maximum absolute atomic E-state index is 13.6. The number of nitrogens with zero attached hydrogens (tertiary/aromatic N) is 1. The molecule has 1 N–H and O–H groups in total. The summed E-state index contributed by atoms with van der Waals surface area (Å²) in [4.78, 5) is 13.3. The highest BCUT2D eigenvalue weighted by atomic mass is 32.2. The van der Waals surface area contributed by atoms with Gasteiger partial charge in [0.2, 0.25) is 0 Å². The summed E-state index contributed by atoms with van der Waals surface area (Å²) in [6.45, 7) is 7.95. The second-order valence-corrected chi connectivity index (χ2v) is 11.1. The Morgan fingerprint density at radius 1 is 1.00 bits per heavy atom. The predicted octanol–water partition coefficient (Wildman–Crippen LogP) is 4.89. The number of ether oxygens (including phenoxy) is 1. The van der Waals surface area contributed by atoms with Crippen LogP contribution in [-0.2, 0) is 20.2 Å². The number of sulfonamides is 1. The van der Waals surface area contributed by atoms with Gasteiger partial charge in [-0.05, 0) is 53.8 Å². The number of para-hydroxylation sites is 1. The lowest BCUT2D eigenvalue weighted by molar-refractivity contribution is -0.122. The molecule has 0 aromatic heterocycles. The van der Waals surface area contributed by atoms with Crippen LogP contribution >= 0.6 is 0 Å². The molecular weight excluding hydrogens is 436 g/mol. The van der Waals surface area contributed by atoms with Crippen LogP contribution in [0.2, 0.25) is 0 Å². The summed E-state index contributed by atoms with van der Waals surface area (Å²) in [5, 5.41) is 2.87. The topological polar surface area (TPSA) is 75.7 Å². The first-order valence-corrected chi connectivity index (χ1v) is 12.3. The fourth-order valence-corrected chi connectivity index (χ4v) is 5.22. The van der Waals surface area contributed by atoms with Crippen LogP contribution in [0.5, 0.6) is 5.75 Å². The van der Waals surface area contributed by atoms with Gasteiger partial charge in [0.15, 0.2) is 6.10 Å². The first-order chi connectivity index (χ1) is 15.6. The zero-order valence-electron chi connectivity index (χ0n) is 19.2. The second kappa shape index (κ2) is 8.56. The molecule has 33 heavy (non-hydrogen) atoms. The van der Waals surface area contributed by atoms with E-state index in [9.17, 15) is 13.2 Å². The Balaban J connectivity index is 1.75. The van der Waals surface area contributed by atoms with Crippen LogP contribution in [0.3, 0.4) is 0 Å². The number of benzene rings is 3. The highest BCUT2D eigenvalue weighted by Crippen LogP contribution is 2.40. The van der Waals surface area contributed by atoms with E-state index in [1.807, 2.05) is 37.3 Å². The van der Waals surface area contributed by atoms with E-state index in [4.69, 9.17) is 4.74 Å². The van der Waals surface area contributed by atoms with Crippen molar-refractivity contribution >= 4 is 27.3 Å². The molecule has 6 nitrogen and oxygen atoms in total. The summed E-state index contributed by atoms with van der Waals surface area (Å²) in [6.07, 6.45) is -1.00. The van der Waals surface area contributed by atoms with Crippen molar-refractivity contribution in [1.29, 1.82) is 0 Å². The number of hydrogen-bond acceptors (Lipinski definition) is 4. The summed E-state index contributed by atoms with van der Waals surface area (Å²) in [5.41, 5.74) is 2.80. The molecule has 1 atom stereocenters. The normalized spacial score (nSPS) is 16.0. The third kappa shape index (κ3) is 4.59. The first-order valence-electron chi connectivity index (χ1n) is 10.8. The van der Waals surface area contributed by atoms with Crippen molar-refractivity contribution in [1.82, 2.24) is 0 Å². The molecule has 0 fully saturated rings. The van der Waals surface area contributed by atoms with Gasteiger partial charge in [-0.1, -0.05) is 63.2 Å². The molecule has 3 aromatic carbocycles. The summed E-state index contributed by atoms with van der Waals surface area (Å²) < 4.78 is 34.6. The largest absolute Gasteiger partial charge is 0.476 e. The molecule has 1 aliphatic rings. The molecule has 0 aliphatic carbocycles. The Kier molecular flexibility index (Phi) is 5.93. The van der Waals surface area contributed by atoms with E-state index in [0.29, 0.717) is 17.1 Å². The Morgan fingerprint density at radius 2 is 1.67 bits per heavy atom. The lowest BCUT2D eigenvalue weighted by Gasteiger charge is -2.36. The van der Waals surface area contributed by atoms with Crippen LogP contribution in [0, 0.1) is 6.92 Å². The van der Waals surface area contributed by atoms with E-state index in [-0.39, 0.29) is 16.9 Å². The van der Waals surface area contributed by atoms with Gasteiger partial charge >= 0.3 is 0 Å². The molecule has 172 valence electrons. The summed E-state index contributed by atoms with van der Waals surface area (Å²) >= 11 is 0. The van der Waals surface area contributed by atoms with E-state index in [1.54, 1.807) is 42.5 Å². The van der Waals surface area contributed by atoms with E-state index < -0.39 is 22.0 Å². The molecule has 4 rings (SSSR count). The average Bonchev–Trinajstić information content (AvgIpc) is 2.79. The maximum Gasteiger partial charge on any atom is 0.267 e. The van der Waals surface area contributed by atoms with Crippen LogP contribution in [0.1, 0.15) is 31.9 Å². The molecule has 0 saturated heterocycles. The van der Waals surface area contributed by atoms with Crippen molar-refractivity contribution in [3.05, 3.63) is 83.9 Å². The number of nitrogens with one attached hydrogen (secondary N) is 1. The number of anilines is 2. The molecule has 0 spiro atoms. The highest BCUT2D eigenvalue weighted by Gasteiger charge is 2.38. The average molecular weight is 465 g/mol. The Morgan fingerprint density at radius 3 is 2.33 bits per heavy atom. The fourth-order valence-electron chi connectivity index (χ4n) is 3.73. The number of rotatable bonds is 4. The fraction of sp³-hybridized carbons (Fsp3) is 0.269. The van der Waals surface area contributed by atoms with Crippen molar-refractivity contribution in [2.24, 2.45) is 0 Å². The van der Waals surface area contributed by atoms with Gasteiger partial charge in [-0.25, -0.2) is 8.42 Å². The van der Waals surface area contributed by atoms with Gasteiger partial charge < -0.3 is 10.1 Å². The zero-order valence-corrected chi connectivity index (χ0v) is 20.0. The maximum atomic E-state index is 13.6. The van der Waals surface area contributed by atoms with Crippen LogP contribution in [-0.4, -0.2) is 27.0 Å². The van der Waals surface area contributed by atoms with E-state index >= 15 is 0 Å². The molecular formula is C26H28N2O4S. The lowest BCUT2D eigenvalue weighted by Crippen LogP contribution is -2.49. The number of carbonyl (C=O) groups is 1. The van der Waals surface area contributed by atoms with E-state index in [2.05, 4.69) is 26.1 Å². The number of hydrogen-bond donors (Lipinski definition) is 1. The van der Waals surface area contributed by atoms with Crippen LogP contribution < -0.4 is 14.4 Å². The quantitative estimate of drug-likeness (QED) is 0.597. The zero-order chi connectivity index (χ0) is 23.8. The lowest BCUT2D eigenvalue weighted by atomic mass is 9.86. The SMILES string of the molecule is Cc1ccccc1NC(=O)C1CN(S(=O)(=O)c2ccccc2)c2cc(C(C)(C)C)ccc2O1. The minimum Gasteiger partial charge on any atom is -0.476 e. The monoisotopic (exact) mass is 464 g/mol. The molecule has 0 radical (unpaired) electrons. The number of aryl methyl sites for hydroxylation is 1. The molecule has 1 heterocycles. The molecule has 1 amide bonds. The van der Waals surface area contributed by atoms with Gasteiger partial charge in [0.1, 0.15) is 5.75 Å². The molecule has 3 aromatic rings. The summed E-state index contributed by atoms with van der Waals surface area (Å²) in [7, 11) is -3.91. The Bertz CT molecular complexity index is 1280. The third-order valence-electron chi connectivity index (χ3n) is 5.72. The van der Waals surface area contributed by atoms with E-state index in [0.717, 1.165) is 11.1 Å². The van der Waals surface area contributed by atoms with Gasteiger partial charge in [0.25, 0.3) is 15.9 Å². The van der Waals surface area contributed by atoms with Crippen LogP contribution in [0.15, 0.2) is 77.7 Å². The Labute approximate surface area is 195 Å². The predicted molar refractivity (Wildman–Crippen MR) is 130 cm³/mol. The first kappa shape index (κ1) is 22.9. The van der Waals surface area contributed by atoms with Crippen molar-refractivity contribution in [3.8, 4) is 5.75 Å². The molecule has 7 heteroatoms. The van der Waals surface area contributed by atoms with Crippen molar-refractivity contribution in [2.75, 3.05) is 16.2 Å². The van der Waals surface area contributed by atoms with Crippen LogP contribution in [0.25, 0.3) is 0 Å². The van der Waals surface area contributed by atoms with E-state index in [1.165, 1.54) is 4.31 Å². The minimum atomic E-state index is -3.91. The second-order valence-electron chi connectivity index (χ2n) is 9.19. The third-order valence-corrected chi connectivity index (χ3v) is 7.52. The Hall–Kier alpha value is -3.32. The molecule has 0 bridgehead atoms. The van der Waals surface area contributed by atoms with Crippen molar-refractivity contribution < 1.29 is 17.9 Å². The van der Waals surface area contributed by atoms with Gasteiger partial charge in [-0.3, -0.25) is 9.10 Å². The smallest absolute Gasteiger partial charge is 0.267 e. The molecule has 0 saturated carbocycles. The standard InChI is InChI=1S/C26H28N2O4S/c1-18-10-8-9-13-21(18)27-25(29)24-17-28(33(30,31)20-11-6-5-7-12-20)22-16-19(26(2,3)4)14-15-23(22)32-24/h5-16,24H,17H2,1-4H3,(H,27,29). The summed E-state index contributed by atoms with van der Waals surface area (Å²) in [5.74, 6) is -0.0400. The van der Waals surface area contributed by atoms with Gasteiger partial charge in [-0.15, -0.1) is 0 Å². The highest BCUT2D eigenvalue weighted by molar-refractivity contribution is 7.92. The van der Waals surface area contributed by atoms with Crippen LogP contribution in [0.4, 0.5) is 11.4 Å². The number of fused-ring (bicyclic) bond motifs is 1. The van der Waals surface area contributed by atoms with Gasteiger partial charge in [0.05, 0.1) is 17.1 Å². The summed E-state index contributed by atoms with van der Waals surface area (Å²) in [6, 6.07) is 21.2. The van der Waals surface area contributed by atoms with Gasteiger partial charge in [-0.2, -0.15) is 0 Å². The number of amides is 1. The molecule has 1 unspecified atom stereocenters. The van der Waals surface area contributed by atoms with Crippen molar-refractivity contribution in [3.63, 3.8) is 0 Å². The molecule has 1 aliphatic heterocycles. The van der Waals surface area contributed by atoms with Crippen molar-refractivity contribution in [2.45, 2.75) is 44.1 Å². The van der Waals surface area contributed by atoms with Gasteiger partial charge in [0, 0.05) is 5.69 Å². The minimum absolute atomic E-state index is 0.129. The number of carbonyl (C=O) groups excluding carboxylic acids is 1.